The molecule has 138 valence electrons. The Kier molecular flexibility index (Phi) is 6.25. The number of anilines is 2. The molecule has 1 amide bonds. The first-order valence-electron chi connectivity index (χ1n) is 8.53. The van der Waals surface area contributed by atoms with Crippen LogP contribution in [0.3, 0.4) is 0 Å². The summed E-state index contributed by atoms with van der Waals surface area (Å²) in [7, 11) is 1.56. The number of rotatable bonds is 6. The highest BCUT2D eigenvalue weighted by atomic mass is 35.5. The van der Waals surface area contributed by atoms with E-state index in [4.69, 9.17) is 16.3 Å². The number of hydrogen-bond donors (Lipinski definition) is 1. The van der Waals surface area contributed by atoms with E-state index in [9.17, 15) is 4.79 Å². The van der Waals surface area contributed by atoms with Crippen LogP contribution in [-0.2, 0) is 4.79 Å². The fraction of sp³-hybridized carbons (Fsp3) is 0.389. The Morgan fingerprint density at radius 1 is 1.23 bits per heavy atom. The Morgan fingerprint density at radius 3 is 2.65 bits per heavy atom. The molecular formula is C18H22ClN5O2. The second-order valence-electron chi connectivity index (χ2n) is 6.02. The predicted octanol–water partition coefficient (Wildman–Crippen LogP) is 2.29. The number of nitrogens with one attached hydrogen (secondary N) is 1. The number of methoxy groups -OCH3 is 1. The van der Waals surface area contributed by atoms with Crippen molar-refractivity contribution in [3.05, 3.63) is 41.7 Å². The summed E-state index contributed by atoms with van der Waals surface area (Å²) in [5, 5.41) is 3.43. The molecule has 2 aromatic rings. The largest absolute Gasteiger partial charge is 0.495 e. The number of aromatic nitrogens is 2. The molecule has 0 atom stereocenters. The van der Waals surface area contributed by atoms with Crippen LogP contribution < -0.4 is 15.0 Å². The normalized spacial score (nSPS) is 14.9. The average Bonchev–Trinajstić information content (AvgIpc) is 2.68. The first-order chi connectivity index (χ1) is 12.7. The van der Waals surface area contributed by atoms with E-state index >= 15 is 0 Å². The molecule has 0 saturated carbocycles. The van der Waals surface area contributed by atoms with Crippen molar-refractivity contribution in [2.75, 3.05) is 50.1 Å². The molecule has 1 saturated heterocycles. The Balaban J connectivity index is 1.45. The van der Waals surface area contributed by atoms with Gasteiger partial charge in [0.05, 0.1) is 12.8 Å². The van der Waals surface area contributed by atoms with E-state index in [1.807, 2.05) is 6.07 Å². The number of benzene rings is 1. The molecular weight excluding hydrogens is 354 g/mol. The molecule has 1 fully saturated rings. The van der Waals surface area contributed by atoms with Crippen molar-refractivity contribution in [1.29, 1.82) is 0 Å². The number of nitrogens with zero attached hydrogens (tertiary/aromatic N) is 4. The summed E-state index contributed by atoms with van der Waals surface area (Å²) in [5.41, 5.74) is 0.594. The van der Waals surface area contributed by atoms with Gasteiger partial charge in [0.15, 0.2) is 0 Å². The smallest absolute Gasteiger partial charge is 0.225 e. The second-order valence-corrected chi connectivity index (χ2v) is 6.46. The van der Waals surface area contributed by atoms with Crippen LogP contribution in [0.1, 0.15) is 6.42 Å². The van der Waals surface area contributed by atoms with Crippen LogP contribution in [0.5, 0.6) is 5.75 Å². The van der Waals surface area contributed by atoms with Gasteiger partial charge in [-0.2, -0.15) is 0 Å². The SMILES string of the molecule is COc1ccc(Cl)cc1NC(=O)CCN1CCN(c2ncccn2)CC1. The molecule has 3 rings (SSSR count). The number of carbonyl (C=O) groups is 1. The maximum Gasteiger partial charge on any atom is 0.225 e. The maximum absolute atomic E-state index is 12.3. The summed E-state index contributed by atoms with van der Waals surface area (Å²) in [4.78, 5) is 25.2. The Hall–Kier alpha value is -2.38. The average molecular weight is 376 g/mol. The van der Waals surface area contributed by atoms with E-state index in [0.29, 0.717) is 29.4 Å². The molecule has 0 radical (unpaired) electrons. The molecule has 8 heteroatoms. The highest BCUT2D eigenvalue weighted by Gasteiger charge is 2.19. The Morgan fingerprint density at radius 2 is 1.96 bits per heavy atom. The van der Waals surface area contributed by atoms with Gasteiger partial charge >= 0.3 is 0 Å². The number of carbonyl (C=O) groups excluding carboxylic acids is 1. The first-order valence-corrected chi connectivity index (χ1v) is 8.91. The minimum atomic E-state index is -0.0561. The van der Waals surface area contributed by atoms with Crippen LogP contribution in [0.15, 0.2) is 36.7 Å². The third-order valence-electron chi connectivity index (χ3n) is 4.30. The predicted molar refractivity (Wildman–Crippen MR) is 102 cm³/mol. The van der Waals surface area contributed by atoms with E-state index in [1.54, 1.807) is 37.7 Å². The zero-order chi connectivity index (χ0) is 18.4. The lowest BCUT2D eigenvalue weighted by molar-refractivity contribution is -0.116. The van der Waals surface area contributed by atoms with Crippen molar-refractivity contribution in [3.63, 3.8) is 0 Å². The van der Waals surface area contributed by atoms with Crippen LogP contribution in [-0.4, -0.2) is 60.6 Å². The zero-order valence-corrected chi connectivity index (χ0v) is 15.4. The fourth-order valence-corrected chi connectivity index (χ4v) is 3.05. The summed E-state index contributed by atoms with van der Waals surface area (Å²) in [6.45, 7) is 4.18. The van der Waals surface area contributed by atoms with Gasteiger partial charge in [0.2, 0.25) is 11.9 Å². The van der Waals surface area contributed by atoms with Crippen LogP contribution in [0, 0.1) is 0 Å². The van der Waals surface area contributed by atoms with Gasteiger partial charge in [0.1, 0.15) is 5.75 Å². The number of halogens is 1. The highest BCUT2D eigenvalue weighted by Crippen LogP contribution is 2.27. The van der Waals surface area contributed by atoms with Crippen molar-refractivity contribution in [2.45, 2.75) is 6.42 Å². The van der Waals surface area contributed by atoms with Crippen molar-refractivity contribution < 1.29 is 9.53 Å². The van der Waals surface area contributed by atoms with Gasteiger partial charge in [-0.05, 0) is 24.3 Å². The van der Waals surface area contributed by atoms with E-state index in [-0.39, 0.29) is 5.91 Å². The summed E-state index contributed by atoms with van der Waals surface area (Å²) < 4.78 is 5.25. The Labute approximate surface area is 157 Å². The quantitative estimate of drug-likeness (QED) is 0.835. The first kappa shape index (κ1) is 18.4. The van der Waals surface area contributed by atoms with E-state index in [2.05, 4.69) is 25.1 Å². The van der Waals surface area contributed by atoms with Crippen molar-refractivity contribution in [1.82, 2.24) is 14.9 Å². The van der Waals surface area contributed by atoms with Crippen molar-refractivity contribution in [2.24, 2.45) is 0 Å². The molecule has 0 spiro atoms. The van der Waals surface area contributed by atoms with Gasteiger partial charge in [-0.25, -0.2) is 9.97 Å². The molecule has 0 unspecified atom stereocenters. The highest BCUT2D eigenvalue weighted by molar-refractivity contribution is 6.31. The lowest BCUT2D eigenvalue weighted by Crippen LogP contribution is -2.47. The molecule has 0 aliphatic carbocycles. The lowest BCUT2D eigenvalue weighted by atomic mass is 10.2. The van der Waals surface area contributed by atoms with Gasteiger partial charge in [-0.1, -0.05) is 11.6 Å². The molecule has 26 heavy (non-hydrogen) atoms. The molecule has 7 nitrogen and oxygen atoms in total. The topological polar surface area (TPSA) is 70.6 Å². The third-order valence-corrected chi connectivity index (χ3v) is 4.53. The van der Waals surface area contributed by atoms with Gasteiger partial charge < -0.3 is 15.0 Å². The van der Waals surface area contributed by atoms with Gasteiger partial charge in [-0.15, -0.1) is 0 Å². The van der Waals surface area contributed by atoms with Crippen LogP contribution in [0.4, 0.5) is 11.6 Å². The summed E-state index contributed by atoms with van der Waals surface area (Å²) in [5.74, 6) is 1.30. The van der Waals surface area contributed by atoms with Gasteiger partial charge in [-0.3, -0.25) is 9.69 Å². The van der Waals surface area contributed by atoms with Crippen molar-refractivity contribution in [3.8, 4) is 5.75 Å². The lowest BCUT2D eigenvalue weighted by Gasteiger charge is -2.34. The molecule has 2 heterocycles. The summed E-state index contributed by atoms with van der Waals surface area (Å²) in [6, 6.07) is 6.97. The maximum atomic E-state index is 12.3. The number of piperazine rings is 1. The van der Waals surface area contributed by atoms with Crippen LogP contribution >= 0.6 is 11.6 Å². The Bertz CT molecular complexity index is 736. The molecule has 1 aromatic heterocycles. The number of ether oxygens (including phenoxy) is 1. The second kappa shape index (κ2) is 8.82. The van der Waals surface area contributed by atoms with Gasteiger partial charge in [0.25, 0.3) is 0 Å². The van der Waals surface area contributed by atoms with E-state index in [1.165, 1.54) is 0 Å². The monoisotopic (exact) mass is 375 g/mol. The molecule has 1 aliphatic heterocycles. The summed E-state index contributed by atoms with van der Waals surface area (Å²) in [6.07, 6.45) is 3.92. The van der Waals surface area contributed by atoms with Crippen molar-refractivity contribution >= 4 is 29.1 Å². The molecule has 0 bridgehead atoms. The van der Waals surface area contributed by atoms with Crippen LogP contribution in [0.2, 0.25) is 5.02 Å². The number of amides is 1. The number of hydrogen-bond acceptors (Lipinski definition) is 6. The minimum Gasteiger partial charge on any atom is -0.495 e. The fourth-order valence-electron chi connectivity index (χ4n) is 2.88. The van der Waals surface area contributed by atoms with E-state index < -0.39 is 0 Å². The van der Waals surface area contributed by atoms with E-state index in [0.717, 1.165) is 32.1 Å². The standard InChI is InChI=1S/C18H22ClN5O2/c1-26-16-4-3-14(19)13-15(16)22-17(25)5-8-23-9-11-24(12-10-23)18-20-6-2-7-21-18/h2-4,6-7,13H,5,8-12H2,1H3,(H,22,25). The van der Waals surface area contributed by atoms with Crippen LogP contribution in [0.25, 0.3) is 0 Å². The van der Waals surface area contributed by atoms with Gasteiger partial charge in [0, 0.05) is 56.6 Å². The molecule has 1 aliphatic rings. The third kappa shape index (κ3) is 4.83. The zero-order valence-electron chi connectivity index (χ0n) is 14.7. The molecule has 1 aromatic carbocycles. The minimum absolute atomic E-state index is 0.0561. The molecule has 1 N–H and O–H groups in total. The summed E-state index contributed by atoms with van der Waals surface area (Å²) >= 11 is 5.99.